The van der Waals surface area contributed by atoms with E-state index in [1.807, 2.05) is 0 Å². The number of hydrogen-bond acceptors (Lipinski definition) is 7. The molecule has 0 amide bonds. The molecule has 10 atom stereocenters. The zero-order valence-electron chi connectivity index (χ0n) is 25.7. The number of aliphatic hydroxyl groups is 1. The maximum absolute atomic E-state index is 14.4. The fraction of sp³-hybridized carbons (Fsp3) is 0.844. The molecule has 2 unspecified atom stereocenters. The molecule has 4 aliphatic carbocycles. The van der Waals surface area contributed by atoms with Gasteiger partial charge in [0.15, 0.2) is 31.8 Å². The van der Waals surface area contributed by atoms with Gasteiger partial charge in [-0.2, -0.15) is 0 Å². The van der Waals surface area contributed by atoms with Crippen LogP contribution >= 0.6 is 0 Å². The minimum absolute atomic E-state index is 0.00454. The number of ketones is 2. The van der Waals surface area contributed by atoms with Crippen LogP contribution in [-0.4, -0.2) is 62.0 Å². The van der Waals surface area contributed by atoms with Crippen molar-refractivity contribution in [1.82, 2.24) is 0 Å². The van der Waals surface area contributed by atoms with Crippen molar-refractivity contribution in [2.45, 2.75) is 129 Å². The Bertz CT molecular complexity index is 1090. The number of fused-ring (bicyclic) bond motifs is 7. The van der Waals surface area contributed by atoms with Gasteiger partial charge in [-0.15, -0.1) is 0 Å². The third kappa shape index (κ3) is 4.22. The first kappa shape index (κ1) is 30.3. The third-order valence-electron chi connectivity index (χ3n) is 12.3. The second kappa shape index (κ2) is 9.93. The summed E-state index contributed by atoms with van der Waals surface area (Å²) >= 11 is 0. The van der Waals surface area contributed by atoms with E-state index in [9.17, 15) is 19.5 Å². The van der Waals surface area contributed by atoms with Crippen LogP contribution in [0.15, 0.2) is 11.6 Å². The average Bonchev–Trinajstić information content (AvgIpc) is 3.34. The molecule has 1 heterocycles. The van der Waals surface area contributed by atoms with Crippen LogP contribution in [0.1, 0.15) is 86.5 Å². The van der Waals surface area contributed by atoms with Gasteiger partial charge in [-0.1, -0.05) is 53.5 Å². The van der Waals surface area contributed by atoms with Gasteiger partial charge in [0.2, 0.25) is 0 Å². The fourth-order valence-electron chi connectivity index (χ4n) is 9.18. The predicted octanol–water partition coefficient (Wildman–Crippen LogP) is 5.40. The van der Waals surface area contributed by atoms with E-state index in [0.29, 0.717) is 19.3 Å². The van der Waals surface area contributed by atoms with E-state index in [-0.39, 0.29) is 47.1 Å². The Kier molecular flexibility index (Phi) is 7.52. The van der Waals surface area contributed by atoms with Crippen LogP contribution < -0.4 is 0 Å². The van der Waals surface area contributed by atoms with Crippen molar-refractivity contribution in [3.8, 4) is 0 Å². The van der Waals surface area contributed by atoms with Gasteiger partial charge >= 0.3 is 0 Å². The largest absolute Gasteiger partial charge is 0.409 e. The van der Waals surface area contributed by atoms with E-state index >= 15 is 0 Å². The number of aliphatic hydroxyl groups excluding tert-OH is 1. The van der Waals surface area contributed by atoms with Gasteiger partial charge in [0.05, 0.1) is 24.7 Å². The van der Waals surface area contributed by atoms with E-state index < -0.39 is 43.1 Å². The zero-order chi connectivity index (χ0) is 29.5. The summed E-state index contributed by atoms with van der Waals surface area (Å²) in [6, 6.07) is 0. The molecular formula is C32H50O7Si. The maximum Gasteiger partial charge on any atom is 0.192 e. The Hall–Kier alpha value is -1.19. The van der Waals surface area contributed by atoms with Gasteiger partial charge < -0.3 is 23.8 Å². The molecule has 0 bridgehead atoms. The molecule has 224 valence electrons. The lowest BCUT2D eigenvalue weighted by molar-refractivity contribution is -0.203. The van der Waals surface area contributed by atoms with Gasteiger partial charge in [0.25, 0.3) is 0 Å². The lowest BCUT2D eigenvalue weighted by Gasteiger charge is -2.61. The second-order valence-corrected chi connectivity index (χ2v) is 20.2. The van der Waals surface area contributed by atoms with Crippen molar-refractivity contribution in [1.29, 1.82) is 0 Å². The number of rotatable bonds is 7. The minimum Gasteiger partial charge on any atom is -0.409 e. The van der Waals surface area contributed by atoms with Crippen molar-refractivity contribution in [2.75, 3.05) is 6.61 Å². The van der Waals surface area contributed by atoms with E-state index in [1.54, 1.807) is 6.08 Å². The van der Waals surface area contributed by atoms with Gasteiger partial charge in [-0.3, -0.25) is 9.59 Å². The highest BCUT2D eigenvalue weighted by molar-refractivity contribution is 6.74. The molecule has 7 nitrogen and oxygen atoms in total. The molecule has 0 radical (unpaired) electrons. The standard InChI is InChI=1S/C32H50O7Si/c1-9-10-27-38-26-14-22-21-12-11-20-13-23(34)19(17-33)15-30(20,5)28(21)24(35)16-31(22,6)32(26,39-27)25(36)18-37-40(7,8)29(2,3)4/h13,17,19,21-22,24,26-28,35H,9-12,14-16,18H2,1-8H3/t19?,21-,22-,24-,26+,27?,28+,30-,31-,32+/m0/s1. The number of carbonyl (C=O) groups excluding carboxylic acids is 3. The summed E-state index contributed by atoms with van der Waals surface area (Å²) in [6.07, 6.45) is 5.78. The molecule has 1 aliphatic heterocycles. The van der Waals surface area contributed by atoms with Crippen molar-refractivity contribution in [3.63, 3.8) is 0 Å². The monoisotopic (exact) mass is 574 g/mol. The Morgan fingerprint density at radius 3 is 2.58 bits per heavy atom. The molecule has 1 saturated heterocycles. The highest BCUT2D eigenvalue weighted by Crippen LogP contribution is 2.70. The summed E-state index contributed by atoms with van der Waals surface area (Å²) in [4.78, 5) is 38.8. The molecular weight excluding hydrogens is 524 g/mol. The molecule has 8 heteroatoms. The lowest BCUT2D eigenvalue weighted by Crippen LogP contribution is -2.64. The quantitative estimate of drug-likeness (QED) is 0.247. The molecule has 0 aromatic carbocycles. The molecule has 5 rings (SSSR count). The first-order chi connectivity index (χ1) is 18.6. The zero-order valence-corrected chi connectivity index (χ0v) is 26.7. The van der Waals surface area contributed by atoms with E-state index in [4.69, 9.17) is 13.9 Å². The van der Waals surface area contributed by atoms with Crippen LogP contribution in [0.25, 0.3) is 0 Å². The number of carbonyl (C=O) groups is 3. The fourth-order valence-corrected chi connectivity index (χ4v) is 10.1. The summed E-state index contributed by atoms with van der Waals surface area (Å²) in [6.45, 7) is 17.2. The van der Waals surface area contributed by atoms with E-state index in [1.165, 1.54) is 0 Å². The Morgan fingerprint density at radius 1 is 1.25 bits per heavy atom. The summed E-state index contributed by atoms with van der Waals surface area (Å²) in [5.41, 5.74) is -1.12. The van der Waals surface area contributed by atoms with Crippen LogP contribution in [0.2, 0.25) is 18.1 Å². The molecule has 5 aliphatic rings. The first-order valence-corrected chi connectivity index (χ1v) is 18.4. The SMILES string of the molecule is CCCC1O[C@@H]2C[C@H]3[C@@H]4CCC5=CC(=O)C(C=O)C[C@]5(C)[C@H]4[C@@H](O)C[C@]3(C)[C@]2(C(=O)CO[Si](C)(C)C(C)(C)C)O1. The van der Waals surface area contributed by atoms with Crippen LogP contribution in [0.4, 0.5) is 0 Å². The Labute approximate surface area is 240 Å². The summed E-state index contributed by atoms with van der Waals surface area (Å²) < 4.78 is 19.8. The summed E-state index contributed by atoms with van der Waals surface area (Å²) in [5.74, 6) is -0.634. The van der Waals surface area contributed by atoms with Crippen molar-refractivity contribution < 1.29 is 33.4 Å². The van der Waals surface area contributed by atoms with Crippen LogP contribution in [0.3, 0.4) is 0 Å². The highest BCUT2D eigenvalue weighted by Gasteiger charge is 2.76. The van der Waals surface area contributed by atoms with Crippen LogP contribution in [-0.2, 0) is 28.3 Å². The summed E-state index contributed by atoms with van der Waals surface area (Å²) in [5, 5.41) is 11.9. The van der Waals surface area contributed by atoms with Gasteiger partial charge in [-0.25, -0.2) is 0 Å². The maximum atomic E-state index is 14.4. The molecule has 3 saturated carbocycles. The molecule has 1 N–H and O–H groups in total. The van der Waals surface area contributed by atoms with E-state index in [0.717, 1.165) is 37.5 Å². The number of allylic oxidation sites excluding steroid dienone is 1. The second-order valence-electron chi connectivity index (χ2n) is 15.4. The normalized spacial score (nSPS) is 44.8. The number of Topliss-reactive ketones (excluding diaryl/α,β-unsaturated/α-hetero) is 1. The van der Waals surface area contributed by atoms with Crippen molar-refractivity contribution in [2.24, 2.45) is 34.5 Å². The minimum atomic E-state index is -2.18. The van der Waals surface area contributed by atoms with Crippen molar-refractivity contribution in [3.05, 3.63) is 11.6 Å². The van der Waals surface area contributed by atoms with E-state index in [2.05, 4.69) is 54.6 Å². The molecule has 40 heavy (non-hydrogen) atoms. The van der Waals surface area contributed by atoms with Gasteiger partial charge in [0, 0.05) is 5.41 Å². The van der Waals surface area contributed by atoms with Gasteiger partial charge in [-0.05, 0) is 85.9 Å². The van der Waals surface area contributed by atoms with Crippen LogP contribution in [0.5, 0.6) is 0 Å². The Morgan fingerprint density at radius 2 is 1.95 bits per heavy atom. The Balaban J connectivity index is 1.50. The number of hydrogen-bond donors (Lipinski definition) is 1. The predicted molar refractivity (Wildman–Crippen MR) is 154 cm³/mol. The summed E-state index contributed by atoms with van der Waals surface area (Å²) in [7, 11) is -2.18. The smallest absolute Gasteiger partial charge is 0.192 e. The topological polar surface area (TPSA) is 99.1 Å². The molecule has 0 aromatic heterocycles. The van der Waals surface area contributed by atoms with Crippen molar-refractivity contribution >= 4 is 26.2 Å². The molecule has 0 aromatic rings. The lowest BCUT2D eigenvalue weighted by atomic mass is 9.44. The van der Waals surface area contributed by atoms with Gasteiger partial charge in [0.1, 0.15) is 6.29 Å². The molecule has 4 fully saturated rings. The highest BCUT2D eigenvalue weighted by atomic mass is 28.4. The third-order valence-corrected chi connectivity index (χ3v) is 16.7. The molecule has 0 spiro atoms. The number of aldehydes is 1. The number of ether oxygens (including phenoxy) is 2. The first-order valence-electron chi connectivity index (χ1n) is 15.4. The van der Waals surface area contributed by atoms with Crippen LogP contribution in [0, 0.1) is 34.5 Å². The average molecular weight is 575 g/mol.